The highest BCUT2D eigenvalue weighted by Gasteiger charge is 2.31. The zero-order valence-corrected chi connectivity index (χ0v) is 10.9. The standard InChI is InChI=1S/C13H12F3NOS/c1-18-10-7-8(13(14,15)16)4-5-9(10)12(17)11-3-2-6-19-11/h2-7,12H,17H2,1H3/t12-/m1/s1. The van der Waals surface area contributed by atoms with Crippen molar-refractivity contribution in [3.8, 4) is 5.75 Å². The normalized spacial score (nSPS) is 13.3. The number of hydrogen-bond acceptors (Lipinski definition) is 3. The molecule has 1 aromatic heterocycles. The molecule has 102 valence electrons. The van der Waals surface area contributed by atoms with Crippen LogP contribution in [0.15, 0.2) is 35.7 Å². The number of ether oxygens (including phenoxy) is 1. The summed E-state index contributed by atoms with van der Waals surface area (Å²) in [7, 11) is 1.33. The van der Waals surface area contributed by atoms with E-state index in [9.17, 15) is 13.2 Å². The van der Waals surface area contributed by atoms with Crippen LogP contribution in [0, 0.1) is 0 Å². The predicted octanol–water partition coefficient (Wildman–Crippen LogP) is 3.82. The van der Waals surface area contributed by atoms with Gasteiger partial charge in [-0.15, -0.1) is 11.3 Å². The van der Waals surface area contributed by atoms with Crippen molar-refractivity contribution < 1.29 is 17.9 Å². The van der Waals surface area contributed by atoms with Crippen LogP contribution in [-0.2, 0) is 6.18 Å². The summed E-state index contributed by atoms with van der Waals surface area (Å²) in [5, 5.41) is 1.87. The fraction of sp³-hybridized carbons (Fsp3) is 0.231. The molecule has 0 bridgehead atoms. The average Bonchev–Trinajstić information content (AvgIpc) is 2.90. The van der Waals surface area contributed by atoms with Crippen molar-refractivity contribution in [2.75, 3.05) is 7.11 Å². The monoisotopic (exact) mass is 287 g/mol. The quantitative estimate of drug-likeness (QED) is 0.931. The summed E-state index contributed by atoms with van der Waals surface area (Å²) >= 11 is 1.45. The second-order valence-electron chi connectivity index (χ2n) is 3.95. The maximum Gasteiger partial charge on any atom is 0.416 e. The molecule has 0 aliphatic heterocycles. The van der Waals surface area contributed by atoms with Gasteiger partial charge in [-0.25, -0.2) is 0 Å². The third kappa shape index (κ3) is 2.90. The summed E-state index contributed by atoms with van der Waals surface area (Å²) in [6.45, 7) is 0. The largest absolute Gasteiger partial charge is 0.496 e. The van der Waals surface area contributed by atoms with Crippen molar-refractivity contribution >= 4 is 11.3 Å². The maximum absolute atomic E-state index is 12.6. The SMILES string of the molecule is COc1cc(C(F)(F)F)ccc1[C@@H](N)c1cccs1. The first kappa shape index (κ1) is 13.9. The molecule has 0 radical (unpaired) electrons. The summed E-state index contributed by atoms with van der Waals surface area (Å²) in [6, 6.07) is 6.56. The number of halogens is 3. The van der Waals surface area contributed by atoms with Crippen LogP contribution in [-0.4, -0.2) is 7.11 Å². The van der Waals surface area contributed by atoms with Gasteiger partial charge in [0.25, 0.3) is 0 Å². The number of methoxy groups -OCH3 is 1. The van der Waals surface area contributed by atoms with Gasteiger partial charge in [-0.2, -0.15) is 13.2 Å². The van der Waals surface area contributed by atoms with Gasteiger partial charge in [-0.05, 0) is 23.6 Å². The first-order valence-corrected chi connectivity index (χ1v) is 6.35. The van der Waals surface area contributed by atoms with E-state index in [2.05, 4.69) is 0 Å². The van der Waals surface area contributed by atoms with Crippen LogP contribution in [0.5, 0.6) is 5.75 Å². The van der Waals surface area contributed by atoms with E-state index in [0.29, 0.717) is 5.56 Å². The van der Waals surface area contributed by atoms with Crippen LogP contribution >= 0.6 is 11.3 Å². The van der Waals surface area contributed by atoms with E-state index in [1.807, 2.05) is 17.5 Å². The molecule has 0 unspecified atom stereocenters. The molecule has 0 amide bonds. The molecule has 0 aliphatic rings. The minimum atomic E-state index is -4.39. The van der Waals surface area contributed by atoms with Gasteiger partial charge in [0.2, 0.25) is 0 Å². The second kappa shape index (κ2) is 5.22. The Morgan fingerprint density at radius 1 is 1.26 bits per heavy atom. The van der Waals surface area contributed by atoms with Gasteiger partial charge in [-0.3, -0.25) is 0 Å². The molecule has 1 aromatic carbocycles. The molecule has 0 saturated carbocycles. The molecular weight excluding hydrogens is 275 g/mol. The number of hydrogen-bond donors (Lipinski definition) is 1. The van der Waals surface area contributed by atoms with E-state index in [-0.39, 0.29) is 5.75 Å². The lowest BCUT2D eigenvalue weighted by atomic mass is 10.0. The summed E-state index contributed by atoms with van der Waals surface area (Å²) in [4.78, 5) is 0.873. The number of nitrogens with two attached hydrogens (primary N) is 1. The highest BCUT2D eigenvalue weighted by molar-refractivity contribution is 7.10. The number of rotatable bonds is 3. The van der Waals surface area contributed by atoms with Gasteiger partial charge < -0.3 is 10.5 Å². The van der Waals surface area contributed by atoms with Crippen molar-refractivity contribution in [2.45, 2.75) is 12.2 Å². The van der Waals surface area contributed by atoms with Crippen molar-refractivity contribution in [1.82, 2.24) is 0 Å². The Bertz CT molecular complexity index is 552. The molecule has 0 saturated heterocycles. The van der Waals surface area contributed by atoms with E-state index in [1.54, 1.807) is 0 Å². The molecule has 19 heavy (non-hydrogen) atoms. The van der Waals surface area contributed by atoms with Crippen molar-refractivity contribution in [2.24, 2.45) is 5.73 Å². The molecule has 1 atom stereocenters. The summed E-state index contributed by atoms with van der Waals surface area (Å²) in [5.41, 5.74) is 5.84. The molecular formula is C13H12F3NOS. The van der Waals surface area contributed by atoms with Gasteiger partial charge >= 0.3 is 6.18 Å². The highest BCUT2D eigenvalue weighted by Crippen LogP contribution is 2.36. The van der Waals surface area contributed by atoms with Gasteiger partial charge in [0.15, 0.2) is 0 Å². The van der Waals surface area contributed by atoms with E-state index in [1.165, 1.54) is 24.5 Å². The van der Waals surface area contributed by atoms with Crippen LogP contribution in [0.2, 0.25) is 0 Å². The van der Waals surface area contributed by atoms with Gasteiger partial charge in [0.1, 0.15) is 5.75 Å². The minimum absolute atomic E-state index is 0.149. The lowest BCUT2D eigenvalue weighted by Gasteiger charge is -2.16. The first-order valence-electron chi connectivity index (χ1n) is 5.47. The topological polar surface area (TPSA) is 35.2 Å². The van der Waals surface area contributed by atoms with Gasteiger partial charge in [-0.1, -0.05) is 12.1 Å². The van der Waals surface area contributed by atoms with Gasteiger partial charge in [0.05, 0.1) is 18.7 Å². The lowest BCUT2D eigenvalue weighted by Crippen LogP contribution is -2.13. The van der Waals surface area contributed by atoms with E-state index < -0.39 is 17.8 Å². The smallest absolute Gasteiger partial charge is 0.416 e. The summed E-state index contributed by atoms with van der Waals surface area (Å²) < 4.78 is 42.9. The fourth-order valence-corrected chi connectivity index (χ4v) is 2.51. The third-order valence-electron chi connectivity index (χ3n) is 2.75. The Morgan fingerprint density at radius 3 is 2.53 bits per heavy atom. The molecule has 2 N–H and O–H groups in total. The average molecular weight is 287 g/mol. The van der Waals surface area contributed by atoms with Crippen LogP contribution in [0.4, 0.5) is 13.2 Å². The van der Waals surface area contributed by atoms with E-state index in [0.717, 1.165) is 17.0 Å². The first-order chi connectivity index (χ1) is 8.93. The third-order valence-corrected chi connectivity index (χ3v) is 3.70. The van der Waals surface area contributed by atoms with Crippen LogP contribution < -0.4 is 10.5 Å². The molecule has 1 heterocycles. The number of alkyl halides is 3. The zero-order valence-electron chi connectivity index (χ0n) is 10.1. The molecule has 2 nitrogen and oxygen atoms in total. The predicted molar refractivity (Wildman–Crippen MR) is 68.3 cm³/mol. The zero-order chi connectivity index (χ0) is 14.0. The molecule has 0 fully saturated rings. The Hall–Kier alpha value is -1.53. The van der Waals surface area contributed by atoms with E-state index >= 15 is 0 Å². The molecule has 2 rings (SSSR count). The number of thiophene rings is 1. The van der Waals surface area contributed by atoms with Crippen molar-refractivity contribution in [1.29, 1.82) is 0 Å². The summed E-state index contributed by atoms with van der Waals surface area (Å²) in [5.74, 6) is 0.149. The highest BCUT2D eigenvalue weighted by atomic mass is 32.1. The Labute approximate surface area is 112 Å². The van der Waals surface area contributed by atoms with Crippen LogP contribution in [0.25, 0.3) is 0 Å². The number of benzene rings is 1. The van der Waals surface area contributed by atoms with Crippen LogP contribution in [0.1, 0.15) is 22.0 Å². The molecule has 0 spiro atoms. The maximum atomic E-state index is 12.6. The van der Waals surface area contributed by atoms with Crippen molar-refractivity contribution in [3.63, 3.8) is 0 Å². The molecule has 2 aromatic rings. The fourth-order valence-electron chi connectivity index (χ4n) is 1.77. The van der Waals surface area contributed by atoms with Crippen molar-refractivity contribution in [3.05, 3.63) is 51.7 Å². The second-order valence-corrected chi connectivity index (χ2v) is 4.93. The minimum Gasteiger partial charge on any atom is -0.496 e. The Morgan fingerprint density at radius 2 is 2.00 bits per heavy atom. The Balaban J connectivity index is 2.42. The van der Waals surface area contributed by atoms with Crippen LogP contribution in [0.3, 0.4) is 0 Å². The Kier molecular flexibility index (Phi) is 3.82. The molecule has 6 heteroatoms. The summed E-state index contributed by atoms with van der Waals surface area (Å²) in [6.07, 6.45) is -4.39. The van der Waals surface area contributed by atoms with Gasteiger partial charge in [0, 0.05) is 10.4 Å². The lowest BCUT2D eigenvalue weighted by molar-refractivity contribution is -0.137. The van der Waals surface area contributed by atoms with E-state index in [4.69, 9.17) is 10.5 Å². The molecule has 0 aliphatic carbocycles.